The molecule has 0 saturated carbocycles. The molecule has 1 aromatic heterocycles. The summed E-state index contributed by atoms with van der Waals surface area (Å²) in [5.74, 6) is 0.0997. The van der Waals surface area contributed by atoms with E-state index >= 15 is 0 Å². The van der Waals surface area contributed by atoms with Crippen molar-refractivity contribution in [2.45, 2.75) is 13.1 Å². The van der Waals surface area contributed by atoms with Crippen LogP contribution in [0.15, 0.2) is 48.5 Å². The van der Waals surface area contributed by atoms with Crippen LogP contribution in [0.3, 0.4) is 0 Å². The third-order valence-electron chi connectivity index (χ3n) is 3.75. The molecular formula is C19H19FN4O2S. The Kier molecular flexibility index (Phi) is 6.10. The second-order valence-corrected chi connectivity index (χ2v) is 7.05. The Morgan fingerprint density at radius 3 is 2.70 bits per heavy atom. The number of carbonyl (C=O) groups is 1. The second kappa shape index (κ2) is 8.70. The number of methoxy groups -OCH3 is 1. The number of rotatable bonds is 7. The van der Waals surface area contributed by atoms with Crippen LogP contribution in [0.5, 0.6) is 5.75 Å². The average Bonchev–Trinajstić information content (AvgIpc) is 3.12. The number of hydrogen-bond donors (Lipinski definition) is 1. The lowest BCUT2D eigenvalue weighted by Crippen LogP contribution is -2.17. The second-order valence-electron chi connectivity index (χ2n) is 5.99. The SMILES string of the molecule is COc1cccc(CN(C)Cc2nnc(C(=O)Nc3ccc(F)cc3)s2)c1. The van der Waals surface area contributed by atoms with Gasteiger partial charge in [-0.05, 0) is 49.0 Å². The fourth-order valence-corrected chi connectivity index (χ4v) is 3.31. The van der Waals surface area contributed by atoms with Gasteiger partial charge in [0.25, 0.3) is 5.91 Å². The number of hydrogen-bond acceptors (Lipinski definition) is 6. The van der Waals surface area contributed by atoms with Crippen molar-refractivity contribution in [1.82, 2.24) is 15.1 Å². The molecule has 0 radical (unpaired) electrons. The number of ether oxygens (including phenoxy) is 1. The zero-order chi connectivity index (χ0) is 19.2. The van der Waals surface area contributed by atoms with Gasteiger partial charge >= 0.3 is 0 Å². The van der Waals surface area contributed by atoms with E-state index < -0.39 is 0 Å². The zero-order valence-corrected chi connectivity index (χ0v) is 15.8. The van der Waals surface area contributed by atoms with Crippen LogP contribution in [0.4, 0.5) is 10.1 Å². The molecule has 0 spiro atoms. The minimum atomic E-state index is -0.360. The number of carbonyl (C=O) groups excluding carboxylic acids is 1. The van der Waals surface area contributed by atoms with Crippen molar-refractivity contribution in [2.75, 3.05) is 19.5 Å². The van der Waals surface area contributed by atoms with Gasteiger partial charge in [0.2, 0.25) is 5.01 Å². The van der Waals surface area contributed by atoms with Crippen LogP contribution in [0.2, 0.25) is 0 Å². The third kappa shape index (κ3) is 5.32. The number of benzene rings is 2. The molecule has 3 rings (SSSR count). The largest absolute Gasteiger partial charge is 0.497 e. The molecule has 0 aliphatic heterocycles. The summed E-state index contributed by atoms with van der Waals surface area (Å²) < 4.78 is 18.2. The summed E-state index contributed by atoms with van der Waals surface area (Å²) in [6.07, 6.45) is 0. The van der Waals surface area contributed by atoms with Gasteiger partial charge in [0.1, 0.15) is 16.6 Å². The number of amides is 1. The van der Waals surface area contributed by atoms with E-state index in [0.717, 1.165) is 16.3 Å². The van der Waals surface area contributed by atoms with Crippen LogP contribution >= 0.6 is 11.3 Å². The van der Waals surface area contributed by atoms with Gasteiger partial charge in [0.15, 0.2) is 0 Å². The molecule has 0 aliphatic carbocycles. The maximum Gasteiger partial charge on any atom is 0.286 e. The lowest BCUT2D eigenvalue weighted by Gasteiger charge is -2.15. The first kappa shape index (κ1) is 18.9. The van der Waals surface area contributed by atoms with Crippen LogP contribution in [-0.4, -0.2) is 35.2 Å². The highest BCUT2D eigenvalue weighted by Gasteiger charge is 2.14. The van der Waals surface area contributed by atoms with Gasteiger partial charge in [0.05, 0.1) is 13.7 Å². The van der Waals surface area contributed by atoms with Crippen LogP contribution in [0, 0.1) is 5.82 Å². The molecule has 0 atom stereocenters. The summed E-state index contributed by atoms with van der Waals surface area (Å²) in [5, 5.41) is 11.7. The number of halogens is 1. The van der Waals surface area contributed by atoms with Crippen LogP contribution in [-0.2, 0) is 13.1 Å². The normalized spacial score (nSPS) is 10.8. The molecule has 1 N–H and O–H groups in total. The van der Waals surface area contributed by atoms with E-state index in [1.807, 2.05) is 31.3 Å². The van der Waals surface area contributed by atoms with Crippen LogP contribution < -0.4 is 10.1 Å². The highest BCUT2D eigenvalue weighted by atomic mass is 32.1. The Balaban J connectivity index is 1.58. The van der Waals surface area contributed by atoms with Gasteiger partial charge in [-0.1, -0.05) is 23.5 Å². The van der Waals surface area contributed by atoms with Crippen molar-refractivity contribution in [2.24, 2.45) is 0 Å². The highest BCUT2D eigenvalue weighted by molar-refractivity contribution is 7.13. The van der Waals surface area contributed by atoms with Crippen LogP contribution in [0.25, 0.3) is 0 Å². The predicted molar refractivity (Wildman–Crippen MR) is 102 cm³/mol. The van der Waals surface area contributed by atoms with Gasteiger partial charge in [0, 0.05) is 12.2 Å². The zero-order valence-electron chi connectivity index (χ0n) is 15.0. The number of nitrogens with zero attached hydrogens (tertiary/aromatic N) is 3. The molecule has 27 heavy (non-hydrogen) atoms. The molecule has 1 heterocycles. The Morgan fingerprint density at radius 2 is 1.96 bits per heavy atom. The van der Waals surface area contributed by atoms with E-state index in [2.05, 4.69) is 20.4 Å². The lowest BCUT2D eigenvalue weighted by atomic mass is 10.2. The summed E-state index contributed by atoms with van der Waals surface area (Å²) >= 11 is 1.24. The lowest BCUT2D eigenvalue weighted by molar-refractivity contribution is 0.102. The highest BCUT2D eigenvalue weighted by Crippen LogP contribution is 2.17. The standard InChI is InChI=1S/C19H19FN4O2S/c1-24(11-13-4-3-5-16(10-13)26-2)12-17-22-23-19(27-17)18(25)21-15-8-6-14(20)7-9-15/h3-10H,11-12H2,1-2H3,(H,21,25). The molecule has 1 amide bonds. The van der Waals surface area contributed by atoms with Gasteiger partial charge in [-0.3, -0.25) is 9.69 Å². The van der Waals surface area contributed by atoms with Crippen LogP contribution in [0.1, 0.15) is 20.4 Å². The molecule has 2 aromatic carbocycles. The first-order valence-electron chi connectivity index (χ1n) is 8.24. The topological polar surface area (TPSA) is 67.3 Å². The molecule has 0 unspecified atom stereocenters. The van der Waals surface area contributed by atoms with Gasteiger partial charge in [-0.25, -0.2) is 4.39 Å². The maximum atomic E-state index is 12.9. The van der Waals surface area contributed by atoms with Crippen molar-refractivity contribution >= 4 is 22.9 Å². The summed E-state index contributed by atoms with van der Waals surface area (Å²) in [6.45, 7) is 1.28. The molecule has 6 nitrogen and oxygen atoms in total. The molecule has 8 heteroatoms. The van der Waals surface area contributed by atoms with E-state index in [9.17, 15) is 9.18 Å². The van der Waals surface area contributed by atoms with E-state index in [1.54, 1.807) is 7.11 Å². The van der Waals surface area contributed by atoms with E-state index in [0.29, 0.717) is 18.8 Å². The van der Waals surface area contributed by atoms with Crippen molar-refractivity contribution in [3.8, 4) is 5.75 Å². The van der Waals surface area contributed by atoms with Crippen molar-refractivity contribution in [1.29, 1.82) is 0 Å². The number of nitrogens with one attached hydrogen (secondary N) is 1. The summed E-state index contributed by atoms with van der Waals surface area (Å²) in [6, 6.07) is 13.4. The third-order valence-corrected chi connectivity index (χ3v) is 4.66. The predicted octanol–water partition coefficient (Wildman–Crippen LogP) is 3.57. The average molecular weight is 386 g/mol. The maximum absolute atomic E-state index is 12.9. The van der Waals surface area contributed by atoms with E-state index in [1.165, 1.54) is 35.6 Å². The Morgan fingerprint density at radius 1 is 1.19 bits per heavy atom. The number of anilines is 1. The molecule has 0 bridgehead atoms. The minimum Gasteiger partial charge on any atom is -0.497 e. The van der Waals surface area contributed by atoms with Crippen molar-refractivity contribution in [3.05, 3.63) is 69.9 Å². The molecule has 0 fully saturated rings. The monoisotopic (exact) mass is 386 g/mol. The quantitative estimate of drug-likeness (QED) is 0.672. The molecule has 0 saturated heterocycles. The summed E-state index contributed by atoms with van der Waals surface area (Å²) in [7, 11) is 3.61. The minimum absolute atomic E-state index is 0.268. The van der Waals surface area contributed by atoms with Gasteiger partial charge < -0.3 is 10.1 Å². The summed E-state index contributed by atoms with van der Waals surface area (Å²) in [4.78, 5) is 14.3. The summed E-state index contributed by atoms with van der Waals surface area (Å²) in [5.41, 5.74) is 1.63. The van der Waals surface area contributed by atoms with Gasteiger partial charge in [-0.2, -0.15) is 0 Å². The van der Waals surface area contributed by atoms with E-state index in [-0.39, 0.29) is 16.7 Å². The first-order chi connectivity index (χ1) is 13.0. The van der Waals surface area contributed by atoms with Crippen molar-refractivity contribution in [3.63, 3.8) is 0 Å². The molecule has 3 aromatic rings. The fourth-order valence-electron chi connectivity index (χ4n) is 2.50. The fraction of sp³-hybridized carbons (Fsp3) is 0.211. The first-order valence-corrected chi connectivity index (χ1v) is 9.06. The smallest absolute Gasteiger partial charge is 0.286 e. The Bertz CT molecular complexity index is 914. The number of aromatic nitrogens is 2. The van der Waals surface area contributed by atoms with Gasteiger partial charge in [-0.15, -0.1) is 10.2 Å². The van der Waals surface area contributed by atoms with E-state index in [4.69, 9.17) is 4.74 Å². The Hall–Kier alpha value is -2.84. The Labute approximate surface area is 160 Å². The molecule has 140 valence electrons. The molecule has 0 aliphatic rings. The molecular weight excluding hydrogens is 367 g/mol. The van der Waals surface area contributed by atoms with Crippen molar-refractivity contribution < 1.29 is 13.9 Å².